The van der Waals surface area contributed by atoms with E-state index >= 15 is 0 Å². The monoisotopic (exact) mass is 289 g/mol. The molecule has 0 bridgehead atoms. The maximum atomic E-state index is 12.5. The van der Waals surface area contributed by atoms with Crippen LogP contribution in [0, 0.1) is 0 Å². The summed E-state index contributed by atoms with van der Waals surface area (Å²) in [4.78, 5) is 25.1. The smallest absolute Gasteiger partial charge is 0.416 e. The van der Waals surface area contributed by atoms with Gasteiger partial charge in [0.1, 0.15) is 5.82 Å². The minimum Gasteiger partial charge on any atom is -0.478 e. The number of nitrogens with one attached hydrogen (secondary N) is 1. The van der Waals surface area contributed by atoms with E-state index in [-0.39, 0.29) is 5.82 Å². The molecule has 1 aromatic rings. The molecule has 1 rings (SSSR count). The molecule has 0 aliphatic rings. The number of amides is 1. The fourth-order valence-electron chi connectivity index (χ4n) is 1.18. The molecule has 0 aromatic carbocycles. The van der Waals surface area contributed by atoms with Crippen LogP contribution in [0.5, 0.6) is 0 Å². The zero-order chi connectivity index (χ0) is 15.3. The standard InChI is InChI=1S/C11H10F3N3O3/c1-17(16-9(18)2-3-10(19)20)8-6-7(4-5-15-8)11(12,13)14/h2-6H,1H3,(H,16,18)(H,19,20). The molecule has 0 fully saturated rings. The van der Waals surface area contributed by atoms with Crippen molar-refractivity contribution in [2.45, 2.75) is 6.18 Å². The number of anilines is 1. The molecule has 0 saturated heterocycles. The van der Waals surface area contributed by atoms with Gasteiger partial charge in [-0.25, -0.2) is 9.78 Å². The zero-order valence-corrected chi connectivity index (χ0v) is 10.2. The van der Waals surface area contributed by atoms with Crippen LogP contribution in [0.3, 0.4) is 0 Å². The Morgan fingerprint density at radius 2 is 2.05 bits per heavy atom. The van der Waals surface area contributed by atoms with E-state index in [1.165, 1.54) is 7.05 Å². The number of carbonyl (C=O) groups excluding carboxylic acids is 1. The number of hydrazine groups is 1. The number of aromatic nitrogens is 1. The lowest BCUT2D eigenvalue weighted by atomic mass is 10.2. The van der Waals surface area contributed by atoms with Crippen molar-refractivity contribution in [3.63, 3.8) is 0 Å². The van der Waals surface area contributed by atoms with Crippen molar-refractivity contribution in [3.05, 3.63) is 36.0 Å². The number of carboxylic acids is 1. The molecule has 9 heteroatoms. The van der Waals surface area contributed by atoms with Gasteiger partial charge in [0.25, 0.3) is 5.91 Å². The van der Waals surface area contributed by atoms with Gasteiger partial charge in [0.2, 0.25) is 0 Å². The minimum atomic E-state index is -4.52. The van der Waals surface area contributed by atoms with Gasteiger partial charge in [0, 0.05) is 25.4 Å². The van der Waals surface area contributed by atoms with Crippen LogP contribution in [-0.2, 0) is 15.8 Å². The Morgan fingerprint density at radius 3 is 2.60 bits per heavy atom. The minimum absolute atomic E-state index is 0.142. The third-order valence-electron chi connectivity index (χ3n) is 2.07. The lowest BCUT2D eigenvalue weighted by Crippen LogP contribution is -2.39. The van der Waals surface area contributed by atoms with Crippen molar-refractivity contribution in [2.24, 2.45) is 0 Å². The van der Waals surface area contributed by atoms with Crippen molar-refractivity contribution >= 4 is 17.7 Å². The normalized spacial score (nSPS) is 11.4. The second kappa shape index (κ2) is 6.04. The summed E-state index contributed by atoms with van der Waals surface area (Å²) in [5.74, 6) is -2.27. The Morgan fingerprint density at radius 1 is 1.40 bits per heavy atom. The van der Waals surface area contributed by atoms with Gasteiger partial charge < -0.3 is 5.11 Å². The maximum Gasteiger partial charge on any atom is 0.416 e. The van der Waals surface area contributed by atoms with Crippen LogP contribution in [0.2, 0.25) is 0 Å². The number of nitrogens with zero attached hydrogens (tertiary/aromatic N) is 2. The van der Waals surface area contributed by atoms with Crippen LogP contribution in [0.1, 0.15) is 5.56 Å². The van der Waals surface area contributed by atoms with Crippen LogP contribution in [0.25, 0.3) is 0 Å². The first kappa shape index (κ1) is 15.5. The summed E-state index contributed by atoms with van der Waals surface area (Å²) in [6.45, 7) is 0. The number of hydrogen-bond acceptors (Lipinski definition) is 4. The van der Waals surface area contributed by atoms with E-state index in [2.05, 4.69) is 10.4 Å². The van der Waals surface area contributed by atoms with Crippen LogP contribution in [0.4, 0.5) is 19.0 Å². The van der Waals surface area contributed by atoms with Gasteiger partial charge in [-0.1, -0.05) is 0 Å². The molecule has 0 aliphatic carbocycles. The van der Waals surface area contributed by atoms with Crippen molar-refractivity contribution in [3.8, 4) is 0 Å². The average molecular weight is 289 g/mol. The lowest BCUT2D eigenvalue weighted by molar-refractivity contribution is -0.137. The third kappa shape index (κ3) is 4.59. The molecular weight excluding hydrogens is 279 g/mol. The lowest BCUT2D eigenvalue weighted by Gasteiger charge is -2.19. The predicted molar refractivity (Wildman–Crippen MR) is 62.6 cm³/mol. The highest BCUT2D eigenvalue weighted by Gasteiger charge is 2.31. The first-order valence-electron chi connectivity index (χ1n) is 5.19. The third-order valence-corrected chi connectivity index (χ3v) is 2.07. The average Bonchev–Trinajstić information content (AvgIpc) is 2.35. The zero-order valence-electron chi connectivity index (χ0n) is 10.2. The van der Waals surface area contributed by atoms with E-state index < -0.39 is 23.6 Å². The summed E-state index contributed by atoms with van der Waals surface area (Å²) in [6, 6.07) is 1.55. The van der Waals surface area contributed by atoms with E-state index in [9.17, 15) is 22.8 Å². The van der Waals surface area contributed by atoms with Gasteiger partial charge in [-0.15, -0.1) is 0 Å². The van der Waals surface area contributed by atoms with E-state index in [0.717, 1.165) is 29.4 Å². The molecule has 0 spiro atoms. The molecule has 0 unspecified atom stereocenters. The van der Waals surface area contributed by atoms with E-state index in [0.29, 0.717) is 6.08 Å². The highest BCUT2D eigenvalue weighted by Crippen LogP contribution is 2.30. The highest BCUT2D eigenvalue weighted by atomic mass is 19.4. The van der Waals surface area contributed by atoms with Gasteiger partial charge in [-0.05, 0) is 12.1 Å². The number of hydrogen-bond donors (Lipinski definition) is 2. The van der Waals surface area contributed by atoms with Crippen molar-refractivity contribution in [2.75, 3.05) is 12.1 Å². The van der Waals surface area contributed by atoms with Gasteiger partial charge in [0.15, 0.2) is 0 Å². The topological polar surface area (TPSA) is 82.5 Å². The molecule has 6 nitrogen and oxygen atoms in total. The van der Waals surface area contributed by atoms with Crippen molar-refractivity contribution in [1.82, 2.24) is 10.4 Å². The van der Waals surface area contributed by atoms with Crippen LogP contribution >= 0.6 is 0 Å². The summed E-state index contributed by atoms with van der Waals surface area (Å²) >= 11 is 0. The Hall–Kier alpha value is -2.58. The van der Waals surface area contributed by atoms with E-state index in [4.69, 9.17) is 5.11 Å². The Balaban J connectivity index is 2.80. The summed E-state index contributed by atoms with van der Waals surface area (Å²) in [5.41, 5.74) is 1.23. The maximum absolute atomic E-state index is 12.5. The molecule has 0 atom stereocenters. The number of carboxylic acid groups (broad SMARTS) is 1. The summed E-state index contributed by atoms with van der Waals surface area (Å²) < 4.78 is 37.5. The molecule has 1 aromatic heterocycles. The summed E-state index contributed by atoms with van der Waals surface area (Å²) in [6.07, 6.45) is -2.24. The Kier molecular flexibility index (Phi) is 4.68. The number of rotatable bonds is 4. The van der Waals surface area contributed by atoms with Gasteiger partial charge in [0.05, 0.1) is 5.56 Å². The molecular formula is C11H10F3N3O3. The summed E-state index contributed by atoms with van der Waals surface area (Å²) in [5, 5.41) is 9.27. The number of aliphatic carboxylic acids is 1. The van der Waals surface area contributed by atoms with Crippen molar-refractivity contribution < 1.29 is 27.9 Å². The first-order valence-corrected chi connectivity index (χ1v) is 5.19. The Bertz CT molecular complexity index is 543. The van der Waals surface area contributed by atoms with Gasteiger partial charge in [-0.2, -0.15) is 13.2 Å². The SMILES string of the molecule is CN(NC(=O)C=CC(=O)O)c1cc(C(F)(F)F)ccn1. The van der Waals surface area contributed by atoms with E-state index in [1.807, 2.05) is 0 Å². The fourth-order valence-corrected chi connectivity index (χ4v) is 1.18. The molecule has 2 N–H and O–H groups in total. The number of pyridine rings is 1. The van der Waals surface area contributed by atoms with Gasteiger partial charge in [-0.3, -0.25) is 15.2 Å². The molecule has 1 amide bonds. The summed E-state index contributed by atoms with van der Waals surface area (Å²) in [7, 11) is 1.27. The largest absolute Gasteiger partial charge is 0.478 e. The Labute approximate surface area is 111 Å². The molecule has 0 radical (unpaired) electrons. The quantitative estimate of drug-likeness (QED) is 0.643. The second-order valence-corrected chi connectivity index (χ2v) is 3.61. The van der Waals surface area contributed by atoms with Gasteiger partial charge >= 0.3 is 12.1 Å². The number of halogens is 3. The van der Waals surface area contributed by atoms with Crippen LogP contribution < -0.4 is 10.4 Å². The van der Waals surface area contributed by atoms with Crippen molar-refractivity contribution in [1.29, 1.82) is 0 Å². The molecule has 20 heavy (non-hydrogen) atoms. The molecule has 0 saturated carbocycles. The number of carbonyl (C=O) groups is 2. The highest BCUT2D eigenvalue weighted by molar-refractivity contribution is 5.94. The molecule has 1 heterocycles. The first-order chi connectivity index (χ1) is 9.20. The van der Waals surface area contributed by atoms with E-state index in [1.54, 1.807) is 0 Å². The predicted octanol–water partition coefficient (Wildman–Crippen LogP) is 1.21. The molecule has 0 aliphatic heterocycles. The number of alkyl halides is 3. The van der Waals surface area contributed by atoms with Crippen LogP contribution in [0.15, 0.2) is 30.5 Å². The fraction of sp³-hybridized carbons (Fsp3) is 0.182. The second-order valence-electron chi connectivity index (χ2n) is 3.61. The molecule has 108 valence electrons. The van der Waals surface area contributed by atoms with Crippen LogP contribution in [-0.4, -0.2) is 29.0 Å².